The summed E-state index contributed by atoms with van der Waals surface area (Å²) in [5.41, 5.74) is 3.19. The number of benzene rings is 3. The zero-order valence-corrected chi connectivity index (χ0v) is 23.9. The van der Waals surface area contributed by atoms with Gasteiger partial charge < -0.3 is 19.5 Å². The van der Waals surface area contributed by atoms with Crippen molar-refractivity contribution < 1.29 is 28.6 Å². The van der Waals surface area contributed by atoms with Crippen molar-refractivity contribution in [3.63, 3.8) is 0 Å². The molecule has 0 saturated carbocycles. The van der Waals surface area contributed by atoms with Gasteiger partial charge in [-0.25, -0.2) is 0 Å². The Kier molecular flexibility index (Phi) is 9.74. The molecule has 0 bridgehead atoms. The highest BCUT2D eigenvalue weighted by atomic mass is 35.5. The first-order valence-electron chi connectivity index (χ1n) is 12.7. The zero-order chi connectivity index (χ0) is 28.6. The minimum Gasteiger partial charge on any atom is -0.494 e. The van der Waals surface area contributed by atoms with Gasteiger partial charge in [-0.05, 0) is 86.1 Å². The molecule has 0 spiro atoms. The fourth-order valence-electron chi connectivity index (χ4n) is 3.96. The van der Waals surface area contributed by atoms with Gasteiger partial charge in [0.2, 0.25) is 5.91 Å². The highest BCUT2D eigenvalue weighted by Gasteiger charge is 2.36. The molecule has 0 radical (unpaired) electrons. The molecule has 1 aliphatic rings. The van der Waals surface area contributed by atoms with Gasteiger partial charge in [-0.3, -0.25) is 19.3 Å². The Morgan fingerprint density at radius 3 is 2.45 bits per heavy atom. The van der Waals surface area contributed by atoms with E-state index < -0.39 is 23.6 Å². The number of nitrogens with one attached hydrogen (secondary N) is 1. The average molecular weight is 581 g/mol. The second-order valence-electron chi connectivity index (χ2n) is 8.81. The predicted octanol–water partition coefficient (Wildman–Crippen LogP) is 6.70. The number of hydrogen-bond acceptors (Lipinski definition) is 7. The van der Waals surface area contributed by atoms with Crippen LogP contribution in [0.1, 0.15) is 30.5 Å². The van der Waals surface area contributed by atoms with Crippen LogP contribution in [0.5, 0.6) is 17.2 Å². The smallest absolute Gasteiger partial charge is 0.294 e. The van der Waals surface area contributed by atoms with Crippen molar-refractivity contribution in [2.75, 3.05) is 25.1 Å². The topological polar surface area (TPSA) is 94.2 Å². The Labute approximate surface area is 242 Å². The number of aryl methyl sites for hydroxylation is 1. The van der Waals surface area contributed by atoms with Crippen LogP contribution in [0, 0.1) is 6.92 Å². The molecule has 4 rings (SSSR count). The van der Waals surface area contributed by atoms with E-state index in [1.165, 1.54) is 0 Å². The number of anilines is 1. The molecule has 208 valence electrons. The van der Waals surface area contributed by atoms with Gasteiger partial charge in [-0.1, -0.05) is 41.4 Å². The molecule has 1 aliphatic heterocycles. The summed E-state index contributed by atoms with van der Waals surface area (Å²) < 4.78 is 17.1. The van der Waals surface area contributed by atoms with Crippen molar-refractivity contribution >= 4 is 52.2 Å². The van der Waals surface area contributed by atoms with Crippen molar-refractivity contribution in [1.29, 1.82) is 0 Å². The Hall–Kier alpha value is -3.95. The number of carbonyl (C=O) groups excluding carboxylic acids is 3. The van der Waals surface area contributed by atoms with E-state index in [2.05, 4.69) is 5.32 Å². The first-order chi connectivity index (χ1) is 19.3. The molecule has 3 aromatic rings. The van der Waals surface area contributed by atoms with E-state index in [1.807, 2.05) is 45.0 Å². The molecule has 1 fully saturated rings. The minimum absolute atomic E-state index is 0.172. The van der Waals surface area contributed by atoms with Crippen LogP contribution in [0.2, 0.25) is 5.02 Å². The van der Waals surface area contributed by atoms with Gasteiger partial charge in [0, 0.05) is 5.69 Å². The number of amides is 3. The predicted molar refractivity (Wildman–Crippen MR) is 157 cm³/mol. The lowest BCUT2D eigenvalue weighted by molar-refractivity contribution is -0.127. The van der Waals surface area contributed by atoms with E-state index in [9.17, 15) is 14.4 Å². The molecule has 0 unspecified atom stereocenters. The van der Waals surface area contributed by atoms with Gasteiger partial charge in [0.25, 0.3) is 11.1 Å². The second kappa shape index (κ2) is 13.4. The first-order valence-corrected chi connectivity index (χ1v) is 13.9. The number of carbonyl (C=O) groups is 3. The van der Waals surface area contributed by atoms with Crippen LogP contribution >= 0.6 is 23.4 Å². The van der Waals surface area contributed by atoms with Crippen LogP contribution in [0.3, 0.4) is 0 Å². The Balaban J connectivity index is 1.45. The summed E-state index contributed by atoms with van der Waals surface area (Å²) >= 11 is 7.31. The zero-order valence-electron chi connectivity index (χ0n) is 22.4. The molecule has 3 amide bonds. The lowest BCUT2D eigenvalue weighted by atomic mass is 10.1. The van der Waals surface area contributed by atoms with Gasteiger partial charge in [0.1, 0.15) is 18.9 Å². The standard InChI is InChI=1S/C30H29ClN2O6S/c1-4-37-23-11-9-22(10-12-23)32-27(34)17-33-29(35)26(40-30(33)36)16-21-14-24(31)28(25(15-21)38-5-2)39-18-20-8-6-7-19(3)13-20/h6-16H,4-5,17-18H2,1-3H3,(H,32,34)/b26-16+. The summed E-state index contributed by atoms with van der Waals surface area (Å²) in [4.78, 5) is 39.2. The monoisotopic (exact) mass is 580 g/mol. The molecule has 0 aromatic heterocycles. The van der Waals surface area contributed by atoms with Crippen LogP contribution in [0.15, 0.2) is 65.6 Å². The van der Waals surface area contributed by atoms with Gasteiger partial charge >= 0.3 is 0 Å². The molecule has 8 nitrogen and oxygen atoms in total. The molecule has 1 N–H and O–H groups in total. The minimum atomic E-state index is -0.564. The third kappa shape index (κ3) is 7.37. The number of halogens is 1. The molecule has 0 atom stereocenters. The van der Waals surface area contributed by atoms with E-state index in [-0.39, 0.29) is 4.91 Å². The maximum absolute atomic E-state index is 13.0. The lowest BCUT2D eigenvalue weighted by Crippen LogP contribution is -2.36. The molecule has 40 heavy (non-hydrogen) atoms. The Morgan fingerprint density at radius 2 is 1.75 bits per heavy atom. The van der Waals surface area contributed by atoms with Gasteiger partial charge in [-0.15, -0.1) is 0 Å². The fourth-order valence-corrected chi connectivity index (χ4v) is 5.08. The van der Waals surface area contributed by atoms with Crippen LogP contribution in [-0.2, 0) is 16.2 Å². The Morgan fingerprint density at radius 1 is 1.00 bits per heavy atom. The van der Waals surface area contributed by atoms with Crippen LogP contribution in [0.25, 0.3) is 6.08 Å². The van der Waals surface area contributed by atoms with E-state index in [0.717, 1.165) is 27.8 Å². The number of hydrogen-bond donors (Lipinski definition) is 1. The summed E-state index contributed by atoms with van der Waals surface area (Å²) in [5, 5.41) is 2.46. The van der Waals surface area contributed by atoms with E-state index >= 15 is 0 Å². The summed E-state index contributed by atoms with van der Waals surface area (Å²) in [6.45, 7) is 6.53. The molecule has 10 heteroatoms. The maximum Gasteiger partial charge on any atom is 0.294 e. The average Bonchev–Trinajstić information content (AvgIpc) is 3.17. The van der Waals surface area contributed by atoms with E-state index in [1.54, 1.807) is 42.5 Å². The van der Waals surface area contributed by atoms with E-state index in [0.29, 0.717) is 53.3 Å². The normalized spacial score (nSPS) is 14.0. The quantitative estimate of drug-likeness (QED) is 0.252. The number of rotatable bonds is 11. The molecular weight excluding hydrogens is 552 g/mol. The van der Waals surface area contributed by atoms with Crippen molar-refractivity contribution in [3.05, 3.63) is 87.3 Å². The summed E-state index contributed by atoms with van der Waals surface area (Å²) in [6.07, 6.45) is 1.55. The van der Waals surface area contributed by atoms with E-state index in [4.69, 9.17) is 25.8 Å². The molecule has 3 aromatic carbocycles. The first kappa shape index (κ1) is 29.0. The third-order valence-electron chi connectivity index (χ3n) is 5.72. The number of thioether (sulfide) groups is 1. The van der Waals surface area contributed by atoms with Crippen LogP contribution < -0.4 is 19.5 Å². The van der Waals surface area contributed by atoms with Crippen molar-refractivity contribution in [2.45, 2.75) is 27.4 Å². The van der Waals surface area contributed by atoms with Crippen molar-refractivity contribution in [2.24, 2.45) is 0 Å². The van der Waals surface area contributed by atoms with Crippen LogP contribution in [-0.4, -0.2) is 41.7 Å². The molecular formula is C30H29ClN2O6S. The highest BCUT2D eigenvalue weighted by molar-refractivity contribution is 8.18. The van der Waals surface area contributed by atoms with Crippen LogP contribution in [0.4, 0.5) is 10.5 Å². The van der Waals surface area contributed by atoms with Gasteiger partial charge in [0.15, 0.2) is 11.5 Å². The maximum atomic E-state index is 13.0. The second-order valence-corrected chi connectivity index (χ2v) is 10.2. The van der Waals surface area contributed by atoms with Gasteiger partial charge in [0.05, 0.1) is 23.1 Å². The summed E-state index contributed by atoms with van der Waals surface area (Å²) in [7, 11) is 0. The van der Waals surface area contributed by atoms with Gasteiger partial charge in [-0.2, -0.15) is 0 Å². The van der Waals surface area contributed by atoms with Crippen molar-refractivity contribution in [1.82, 2.24) is 4.90 Å². The summed E-state index contributed by atoms with van der Waals surface area (Å²) in [5.74, 6) is 0.425. The largest absolute Gasteiger partial charge is 0.494 e. The third-order valence-corrected chi connectivity index (χ3v) is 6.91. The summed E-state index contributed by atoms with van der Waals surface area (Å²) in [6, 6.07) is 18.1. The Bertz CT molecular complexity index is 1440. The molecule has 1 saturated heterocycles. The number of nitrogens with zero attached hydrogens (tertiary/aromatic N) is 1. The fraction of sp³-hybridized carbons (Fsp3) is 0.233. The van der Waals surface area contributed by atoms with Crippen molar-refractivity contribution in [3.8, 4) is 17.2 Å². The molecule has 0 aliphatic carbocycles. The SMILES string of the molecule is CCOc1ccc(NC(=O)CN2C(=O)S/C(=C/c3cc(Cl)c(OCc4cccc(C)c4)c(OCC)c3)C2=O)cc1. The number of ether oxygens (including phenoxy) is 3. The molecule has 1 heterocycles. The highest BCUT2D eigenvalue weighted by Crippen LogP contribution is 2.39. The lowest BCUT2D eigenvalue weighted by Gasteiger charge is -2.15. The number of imide groups is 1.